The predicted octanol–water partition coefficient (Wildman–Crippen LogP) is 1.42. The molecule has 0 aliphatic rings. The Morgan fingerprint density at radius 3 is 2.65 bits per heavy atom. The number of nitrogens with zero attached hydrogens (tertiary/aromatic N) is 4. The summed E-state index contributed by atoms with van der Waals surface area (Å²) >= 11 is 0. The Morgan fingerprint density at radius 1 is 1.35 bits per heavy atom. The Hall–Kier alpha value is -0.940. The van der Waals surface area contributed by atoms with Crippen molar-refractivity contribution in [2.75, 3.05) is 19.6 Å². The van der Waals surface area contributed by atoms with Gasteiger partial charge in [0.2, 0.25) is 0 Å². The monoisotopic (exact) mass is 239 g/mol. The molecular weight excluding hydrogens is 214 g/mol. The summed E-state index contributed by atoms with van der Waals surface area (Å²) in [6.45, 7) is 10.5. The van der Waals surface area contributed by atoms with Gasteiger partial charge in [-0.1, -0.05) is 32.4 Å². The van der Waals surface area contributed by atoms with Gasteiger partial charge in [-0.15, -0.1) is 5.10 Å². The molecule has 17 heavy (non-hydrogen) atoms. The summed E-state index contributed by atoms with van der Waals surface area (Å²) in [6, 6.07) is 0.0298. The van der Waals surface area contributed by atoms with Crippen molar-refractivity contribution in [1.29, 1.82) is 0 Å². The molecule has 1 aromatic heterocycles. The molecule has 1 atom stereocenters. The molecular formula is C12H25N5. The van der Waals surface area contributed by atoms with E-state index >= 15 is 0 Å². The lowest BCUT2D eigenvalue weighted by Crippen LogP contribution is -2.27. The summed E-state index contributed by atoms with van der Waals surface area (Å²) in [4.78, 5) is 2.37. The van der Waals surface area contributed by atoms with Gasteiger partial charge in [-0.3, -0.25) is 4.68 Å². The van der Waals surface area contributed by atoms with Crippen LogP contribution in [0.4, 0.5) is 0 Å². The lowest BCUT2D eigenvalue weighted by molar-refractivity contribution is 0.284. The van der Waals surface area contributed by atoms with Crippen molar-refractivity contribution in [2.24, 2.45) is 5.73 Å². The van der Waals surface area contributed by atoms with Gasteiger partial charge < -0.3 is 10.6 Å². The maximum absolute atomic E-state index is 6.00. The SMILES string of the molecule is CCCC(N)c1cn(CCN(CC)CC)nn1. The van der Waals surface area contributed by atoms with E-state index in [2.05, 4.69) is 36.0 Å². The van der Waals surface area contributed by atoms with E-state index in [1.54, 1.807) is 0 Å². The highest BCUT2D eigenvalue weighted by Gasteiger charge is 2.09. The van der Waals surface area contributed by atoms with Crippen LogP contribution in [0.15, 0.2) is 6.20 Å². The Labute approximate surface area is 104 Å². The minimum absolute atomic E-state index is 0.0298. The summed E-state index contributed by atoms with van der Waals surface area (Å²) in [5.74, 6) is 0. The second-order valence-corrected chi connectivity index (χ2v) is 4.33. The van der Waals surface area contributed by atoms with Gasteiger partial charge in [-0.25, -0.2) is 0 Å². The number of aromatic nitrogens is 3. The quantitative estimate of drug-likeness (QED) is 0.745. The first-order chi connectivity index (χ1) is 8.21. The zero-order valence-electron chi connectivity index (χ0n) is 11.3. The minimum atomic E-state index is 0.0298. The fourth-order valence-electron chi connectivity index (χ4n) is 1.84. The van der Waals surface area contributed by atoms with Gasteiger partial charge >= 0.3 is 0 Å². The molecule has 5 heteroatoms. The van der Waals surface area contributed by atoms with Crippen molar-refractivity contribution in [2.45, 2.75) is 46.2 Å². The van der Waals surface area contributed by atoms with Crippen molar-refractivity contribution in [1.82, 2.24) is 19.9 Å². The van der Waals surface area contributed by atoms with Gasteiger partial charge in [-0.2, -0.15) is 0 Å². The number of nitrogens with two attached hydrogens (primary N) is 1. The molecule has 0 aromatic carbocycles. The van der Waals surface area contributed by atoms with E-state index in [9.17, 15) is 0 Å². The molecule has 98 valence electrons. The van der Waals surface area contributed by atoms with Crippen LogP contribution >= 0.6 is 0 Å². The second kappa shape index (κ2) is 7.40. The zero-order chi connectivity index (χ0) is 12.7. The van der Waals surface area contributed by atoms with Gasteiger partial charge in [0.05, 0.1) is 24.5 Å². The number of likely N-dealkylation sites (N-methyl/N-ethyl adjacent to an activating group) is 1. The highest BCUT2D eigenvalue weighted by atomic mass is 15.4. The van der Waals surface area contributed by atoms with E-state index in [-0.39, 0.29) is 6.04 Å². The largest absolute Gasteiger partial charge is 0.323 e. The van der Waals surface area contributed by atoms with Crippen molar-refractivity contribution in [3.05, 3.63) is 11.9 Å². The number of rotatable bonds is 8. The first kappa shape index (κ1) is 14.1. The van der Waals surface area contributed by atoms with Crippen LogP contribution in [0.1, 0.15) is 45.3 Å². The fourth-order valence-corrected chi connectivity index (χ4v) is 1.84. The Balaban J connectivity index is 2.45. The second-order valence-electron chi connectivity index (χ2n) is 4.33. The molecule has 2 N–H and O–H groups in total. The van der Waals surface area contributed by atoms with Crippen LogP contribution in [0, 0.1) is 0 Å². The van der Waals surface area contributed by atoms with Gasteiger partial charge in [0.1, 0.15) is 0 Å². The molecule has 0 aliphatic carbocycles. The van der Waals surface area contributed by atoms with E-state index in [4.69, 9.17) is 5.73 Å². The van der Waals surface area contributed by atoms with Crippen molar-refractivity contribution < 1.29 is 0 Å². The van der Waals surface area contributed by atoms with E-state index in [1.807, 2.05) is 10.9 Å². The molecule has 0 spiro atoms. The average Bonchev–Trinajstić information content (AvgIpc) is 2.79. The highest BCUT2D eigenvalue weighted by Crippen LogP contribution is 2.11. The van der Waals surface area contributed by atoms with Crippen LogP contribution in [-0.4, -0.2) is 39.5 Å². The minimum Gasteiger partial charge on any atom is -0.323 e. The first-order valence-electron chi connectivity index (χ1n) is 6.59. The fraction of sp³-hybridized carbons (Fsp3) is 0.833. The predicted molar refractivity (Wildman–Crippen MR) is 69.6 cm³/mol. The van der Waals surface area contributed by atoms with E-state index < -0.39 is 0 Å². The number of hydrogen-bond donors (Lipinski definition) is 1. The normalized spacial score (nSPS) is 13.2. The third-order valence-electron chi connectivity index (χ3n) is 3.08. The van der Waals surface area contributed by atoms with Crippen LogP contribution in [0.2, 0.25) is 0 Å². The first-order valence-corrected chi connectivity index (χ1v) is 6.59. The van der Waals surface area contributed by atoms with Crippen LogP contribution < -0.4 is 5.73 Å². The molecule has 0 amide bonds. The van der Waals surface area contributed by atoms with Crippen LogP contribution in [0.25, 0.3) is 0 Å². The van der Waals surface area contributed by atoms with Gasteiger partial charge in [-0.05, 0) is 19.5 Å². The number of hydrogen-bond acceptors (Lipinski definition) is 4. The third kappa shape index (κ3) is 4.44. The van der Waals surface area contributed by atoms with Crippen LogP contribution in [0.3, 0.4) is 0 Å². The summed E-state index contributed by atoms with van der Waals surface area (Å²) in [5, 5.41) is 8.25. The standard InChI is InChI=1S/C12H25N5/c1-4-7-11(13)12-10-17(15-14-12)9-8-16(5-2)6-3/h10-11H,4-9,13H2,1-3H3. The molecule has 0 saturated carbocycles. The molecule has 1 rings (SSSR count). The summed E-state index contributed by atoms with van der Waals surface area (Å²) in [6.07, 6.45) is 4.02. The van der Waals surface area contributed by atoms with Crippen molar-refractivity contribution in [3.8, 4) is 0 Å². The topological polar surface area (TPSA) is 60.0 Å². The maximum atomic E-state index is 6.00. The summed E-state index contributed by atoms with van der Waals surface area (Å²) in [5.41, 5.74) is 6.91. The Kier molecular flexibility index (Phi) is 6.15. The molecule has 0 aliphatic heterocycles. The lowest BCUT2D eigenvalue weighted by atomic mass is 10.1. The maximum Gasteiger partial charge on any atom is 0.0994 e. The molecule has 1 heterocycles. The van der Waals surface area contributed by atoms with Gasteiger partial charge in [0, 0.05) is 6.54 Å². The Bertz CT molecular complexity index is 306. The summed E-state index contributed by atoms with van der Waals surface area (Å²) in [7, 11) is 0. The molecule has 1 aromatic rings. The molecule has 5 nitrogen and oxygen atoms in total. The molecule has 0 saturated heterocycles. The van der Waals surface area contributed by atoms with Crippen LogP contribution in [-0.2, 0) is 6.54 Å². The summed E-state index contributed by atoms with van der Waals surface area (Å²) < 4.78 is 1.89. The molecule has 0 radical (unpaired) electrons. The van der Waals surface area contributed by atoms with Crippen LogP contribution in [0.5, 0.6) is 0 Å². The Morgan fingerprint density at radius 2 is 2.06 bits per heavy atom. The highest BCUT2D eigenvalue weighted by molar-refractivity contribution is 4.99. The third-order valence-corrected chi connectivity index (χ3v) is 3.08. The van der Waals surface area contributed by atoms with Crippen molar-refractivity contribution >= 4 is 0 Å². The average molecular weight is 239 g/mol. The van der Waals surface area contributed by atoms with E-state index in [0.717, 1.165) is 44.7 Å². The smallest absolute Gasteiger partial charge is 0.0994 e. The van der Waals surface area contributed by atoms with E-state index in [0.29, 0.717) is 0 Å². The zero-order valence-corrected chi connectivity index (χ0v) is 11.3. The van der Waals surface area contributed by atoms with Crippen molar-refractivity contribution in [3.63, 3.8) is 0 Å². The van der Waals surface area contributed by atoms with E-state index in [1.165, 1.54) is 0 Å². The van der Waals surface area contributed by atoms with Gasteiger partial charge in [0.25, 0.3) is 0 Å². The molecule has 0 fully saturated rings. The molecule has 1 unspecified atom stereocenters. The van der Waals surface area contributed by atoms with Gasteiger partial charge in [0.15, 0.2) is 0 Å². The molecule has 0 bridgehead atoms. The lowest BCUT2D eigenvalue weighted by Gasteiger charge is -2.17.